The maximum atomic E-state index is 10.8. The highest BCUT2D eigenvalue weighted by Gasteiger charge is 2.33. The van der Waals surface area contributed by atoms with Crippen molar-refractivity contribution in [3.05, 3.63) is 23.8 Å². The molecule has 1 fully saturated rings. The summed E-state index contributed by atoms with van der Waals surface area (Å²) < 4.78 is 0. The van der Waals surface area contributed by atoms with E-state index < -0.39 is 0 Å². The minimum atomic E-state index is 0.268. The van der Waals surface area contributed by atoms with Crippen LogP contribution >= 0.6 is 0 Å². The van der Waals surface area contributed by atoms with Gasteiger partial charge in [-0.3, -0.25) is 9.59 Å². The fraction of sp³-hybridized carbons (Fsp3) is 0.600. The molecule has 0 aromatic rings. The van der Waals surface area contributed by atoms with Crippen LogP contribution in [0.2, 0.25) is 0 Å². The van der Waals surface area contributed by atoms with Crippen molar-refractivity contribution in [2.45, 2.75) is 46.0 Å². The van der Waals surface area contributed by atoms with Gasteiger partial charge in [0, 0.05) is 0 Å². The first-order valence-corrected chi connectivity index (χ1v) is 6.28. The standard InChI is InChI=1S/C15H22O2/c1-12-5-4-9-15(2,3)14(12)7-6-13(11-17)8-10-16/h8,10-11,14H,1,4-7,9H2,2-3H3. The number of aldehydes is 2. The fourth-order valence-corrected chi connectivity index (χ4v) is 2.85. The largest absolute Gasteiger partial charge is 0.299 e. The van der Waals surface area contributed by atoms with Crippen molar-refractivity contribution in [2.24, 2.45) is 11.3 Å². The maximum Gasteiger partial charge on any atom is 0.146 e. The highest BCUT2D eigenvalue weighted by atomic mass is 16.1. The van der Waals surface area contributed by atoms with Crippen LogP contribution in [0.1, 0.15) is 46.0 Å². The van der Waals surface area contributed by atoms with Gasteiger partial charge in [-0.1, -0.05) is 26.0 Å². The zero-order chi connectivity index (χ0) is 12.9. The fourth-order valence-electron chi connectivity index (χ4n) is 2.85. The number of hydrogen-bond acceptors (Lipinski definition) is 2. The van der Waals surface area contributed by atoms with Crippen LogP contribution in [-0.4, -0.2) is 12.6 Å². The average Bonchev–Trinajstić information content (AvgIpc) is 2.26. The summed E-state index contributed by atoms with van der Waals surface area (Å²) in [6.07, 6.45) is 7.96. The second-order valence-corrected chi connectivity index (χ2v) is 5.59. The van der Waals surface area contributed by atoms with Crippen molar-refractivity contribution < 1.29 is 9.59 Å². The van der Waals surface area contributed by atoms with E-state index in [1.807, 2.05) is 0 Å². The molecule has 1 aliphatic carbocycles. The van der Waals surface area contributed by atoms with Crippen molar-refractivity contribution in [2.75, 3.05) is 0 Å². The second kappa shape index (κ2) is 5.95. The topological polar surface area (TPSA) is 34.1 Å². The molecular formula is C15H22O2. The van der Waals surface area contributed by atoms with Gasteiger partial charge in [0.15, 0.2) is 0 Å². The molecular weight excluding hydrogens is 212 g/mol. The van der Waals surface area contributed by atoms with Crippen molar-refractivity contribution in [3.8, 4) is 0 Å². The lowest BCUT2D eigenvalue weighted by atomic mass is 9.65. The SMILES string of the molecule is C=C1CCCC(C)(C)C1CCC(C=O)=CC=O. The Kier molecular flexibility index (Phi) is 4.86. The molecule has 1 unspecified atom stereocenters. The summed E-state index contributed by atoms with van der Waals surface area (Å²) in [6.45, 7) is 8.70. The van der Waals surface area contributed by atoms with Gasteiger partial charge in [-0.05, 0) is 55.1 Å². The van der Waals surface area contributed by atoms with Gasteiger partial charge >= 0.3 is 0 Å². The van der Waals surface area contributed by atoms with Crippen LogP contribution in [-0.2, 0) is 9.59 Å². The molecule has 17 heavy (non-hydrogen) atoms. The average molecular weight is 234 g/mol. The summed E-state index contributed by atoms with van der Waals surface area (Å²) >= 11 is 0. The van der Waals surface area contributed by atoms with Gasteiger partial charge in [0.2, 0.25) is 0 Å². The molecule has 0 N–H and O–H groups in total. The van der Waals surface area contributed by atoms with E-state index in [4.69, 9.17) is 0 Å². The monoisotopic (exact) mass is 234 g/mol. The van der Waals surface area contributed by atoms with Crippen molar-refractivity contribution >= 4 is 12.6 Å². The van der Waals surface area contributed by atoms with Crippen LogP contribution in [0, 0.1) is 11.3 Å². The van der Waals surface area contributed by atoms with Crippen LogP contribution in [0.5, 0.6) is 0 Å². The highest BCUT2D eigenvalue weighted by molar-refractivity contribution is 5.81. The zero-order valence-electron chi connectivity index (χ0n) is 10.9. The van der Waals surface area contributed by atoms with Gasteiger partial charge in [0.25, 0.3) is 0 Å². The lowest BCUT2D eigenvalue weighted by Gasteiger charge is -2.40. The van der Waals surface area contributed by atoms with Crippen molar-refractivity contribution in [3.63, 3.8) is 0 Å². The summed E-state index contributed by atoms with van der Waals surface area (Å²) in [5.74, 6) is 0.464. The molecule has 1 rings (SSSR count). The maximum absolute atomic E-state index is 10.8. The van der Waals surface area contributed by atoms with E-state index in [1.165, 1.54) is 24.5 Å². The van der Waals surface area contributed by atoms with E-state index >= 15 is 0 Å². The molecule has 94 valence electrons. The summed E-state index contributed by atoms with van der Waals surface area (Å²) in [5.41, 5.74) is 2.16. The molecule has 0 aromatic carbocycles. The molecule has 0 aliphatic heterocycles. The molecule has 1 atom stereocenters. The first-order chi connectivity index (χ1) is 8.01. The summed E-state index contributed by atoms with van der Waals surface area (Å²) in [5, 5.41) is 0. The van der Waals surface area contributed by atoms with Crippen LogP contribution in [0.4, 0.5) is 0 Å². The Morgan fingerprint density at radius 3 is 2.71 bits per heavy atom. The predicted molar refractivity (Wildman–Crippen MR) is 69.7 cm³/mol. The quantitative estimate of drug-likeness (QED) is 0.414. The third-order valence-corrected chi connectivity index (χ3v) is 3.91. The highest BCUT2D eigenvalue weighted by Crippen LogP contribution is 2.45. The summed E-state index contributed by atoms with van der Waals surface area (Å²) in [7, 11) is 0. The van der Waals surface area contributed by atoms with Gasteiger partial charge in [-0.25, -0.2) is 0 Å². The molecule has 1 aliphatic rings. The molecule has 2 nitrogen and oxygen atoms in total. The summed E-state index contributed by atoms with van der Waals surface area (Å²) in [6, 6.07) is 0. The second-order valence-electron chi connectivity index (χ2n) is 5.59. The predicted octanol–water partition coefficient (Wildman–Crippen LogP) is 3.47. The van der Waals surface area contributed by atoms with Gasteiger partial charge in [0.05, 0.1) is 0 Å². The lowest BCUT2D eigenvalue weighted by molar-refractivity contribution is -0.106. The molecule has 0 spiro atoms. The Labute approximate surface area is 104 Å². The van der Waals surface area contributed by atoms with Gasteiger partial charge < -0.3 is 0 Å². The molecule has 0 radical (unpaired) electrons. The van der Waals surface area contributed by atoms with Crippen molar-refractivity contribution in [1.82, 2.24) is 0 Å². The minimum absolute atomic E-state index is 0.268. The Balaban J connectivity index is 2.65. The van der Waals surface area contributed by atoms with E-state index in [2.05, 4.69) is 20.4 Å². The Morgan fingerprint density at radius 1 is 1.47 bits per heavy atom. The lowest BCUT2D eigenvalue weighted by Crippen LogP contribution is -2.29. The number of hydrogen-bond donors (Lipinski definition) is 0. The zero-order valence-corrected chi connectivity index (χ0v) is 10.9. The van der Waals surface area contributed by atoms with Crippen molar-refractivity contribution in [1.29, 1.82) is 0 Å². The van der Waals surface area contributed by atoms with Crippen LogP contribution < -0.4 is 0 Å². The number of carbonyl (C=O) groups is 2. The van der Waals surface area contributed by atoms with E-state index in [0.29, 0.717) is 24.2 Å². The number of allylic oxidation sites excluding steroid dienone is 3. The normalized spacial score (nSPS) is 24.5. The van der Waals surface area contributed by atoms with Gasteiger partial charge in [-0.15, -0.1) is 0 Å². The van der Waals surface area contributed by atoms with Gasteiger partial charge in [-0.2, -0.15) is 0 Å². The van der Waals surface area contributed by atoms with E-state index in [-0.39, 0.29) is 5.41 Å². The summed E-state index contributed by atoms with van der Waals surface area (Å²) in [4.78, 5) is 21.1. The Bertz CT molecular complexity index is 337. The van der Waals surface area contributed by atoms with Crippen LogP contribution in [0.3, 0.4) is 0 Å². The first-order valence-electron chi connectivity index (χ1n) is 6.28. The molecule has 0 aromatic heterocycles. The van der Waals surface area contributed by atoms with Crippen LogP contribution in [0.15, 0.2) is 23.8 Å². The van der Waals surface area contributed by atoms with E-state index in [9.17, 15) is 9.59 Å². The van der Waals surface area contributed by atoms with Gasteiger partial charge in [0.1, 0.15) is 12.6 Å². The van der Waals surface area contributed by atoms with E-state index in [0.717, 1.165) is 19.1 Å². The molecule has 0 heterocycles. The molecule has 1 saturated carbocycles. The third-order valence-electron chi connectivity index (χ3n) is 3.91. The molecule has 0 amide bonds. The number of rotatable bonds is 5. The Morgan fingerprint density at radius 2 is 2.18 bits per heavy atom. The van der Waals surface area contributed by atoms with E-state index in [1.54, 1.807) is 0 Å². The Hall–Kier alpha value is -1.18. The number of carbonyl (C=O) groups excluding carboxylic acids is 2. The third kappa shape index (κ3) is 3.65. The molecule has 0 saturated heterocycles. The smallest absolute Gasteiger partial charge is 0.146 e. The van der Waals surface area contributed by atoms with Crippen LogP contribution in [0.25, 0.3) is 0 Å². The molecule has 0 bridgehead atoms. The first kappa shape index (κ1) is 13.9. The molecule has 2 heteroatoms. The minimum Gasteiger partial charge on any atom is -0.299 e.